The summed E-state index contributed by atoms with van der Waals surface area (Å²) in [6.07, 6.45) is 1.85. The molecule has 0 atom stereocenters. The van der Waals surface area contributed by atoms with Gasteiger partial charge >= 0.3 is 0 Å². The smallest absolute Gasteiger partial charge is 0.293 e. The number of aromatic nitrogens is 1. The fraction of sp³-hybridized carbons (Fsp3) is 0.333. The second-order valence-electron chi connectivity index (χ2n) is 2.58. The second-order valence-corrected chi connectivity index (χ2v) is 2.58. The predicted octanol–water partition coefficient (Wildman–Crippen LogP) is 1.24. The van der Waals surface area contributed by atoms with Gasteiger partial charge in [-0.25, -0.2) is 4.39 Å². The molecule has 1 aromatic rings. The number of hydrogen-bond donors (Lipinski definition) is 0. The summed E-state index contributed by atoms with van der Waals surface area (Å²) < 4.78 is 17.4. The highest BCUT2D eigenvalue weighted by Gasteiger charge is 2.04. The molecule has 0 bridgehead atoms. The summed E-state index contributed by atoms with van der Waals surface area (Å²) in [6.45, 7) is 2.26. The molecule has 70 valence electrons. The van der Waals surface area contributed by atoms with E-state index in [0.717, 1.165) is 0 Å². The predicted molar refractivity (Wildman–Crippen MR) is 44.7 cm³/mol. The van der Waals surface area contributed by atoms with Crippen LogP contribution in [0.2, 0.25) is 0 Å². The Bertz CT molecular complexity index is 302. The van der Waals surface area contributed by atoms with Gasteiger partial charge in [-0.05, 0) is 13.0 Å². The first-order valence-corrected chi connectivity index (χ1v) is 3.91. The van der Waals surface area contributed by atoms with E-state index in [4.69, 9.17) is 0 Å². The van der Waals surface area contributed by atoms with Crippen molar-refractivity contribution in [2.45, 2.75) is 13.3 Å². The number of nitrogens with zero attached hydrogens (tertiary/aromatic N) is 1. The van der Waals surface area contributed by atoms with Gasteiger partial charge in [-0.1, -0.05) is 0 Å². The molecule has 0 aliphatic heterocycles. The maximum atomic E-state index is 12.9. The highest BCUT2D eigenvalue weighted by atomic mass is 19.1. The monoisotopic (exact) mass is 183 g/mol. The van der Waals surface area contributed by atoms with Gasteiger partial charge in [0, 0.05) is 23.9 Å². The molecule has 0 saturated heterocycles. The van der Waals surface area contributed by atoms with Gasteiger partial charge in [0.05, 0.1) is 6.61 Å². The molecule has 0 aromatic carbocycles. The molecule has 1 heterocycles. The van der Waals surface area contributed by atoms with Crippen molar-refractivity contribution in [3.8, 4) is 0 Å². The molecule has 0 fully saturated rings. The third kappa shape index (κ3) is 2.50. The molecule has 1 aromatic heterocycles. The Morgan fingerprint density at radius 1 is 1.69 bits per heavy atom. The second kappa shape index (κ2) is 4.54. The first-order valence-electron chi connectivity index (χ1n) is 3.91. The SMILES string of the molecule is Cc1c(F)ccnc1CCOC=O. The fourth-order valence-corrected chi connectivity index (χ4v) is 1.01. The molecular formula is C9H10FNO2. The molecule has 0 saturated carbocycles. The normalized spacial score (nSPS) is 9.69. The summed E-state index contributed by atoms with van der Waals surface area (Å²) in [7, 11) is 0. The van der Waals surface area contributed by atoms with Crippen molar-refractivity contribution in [2.75, 3.05) is 6.61 Å². The lowest BCUT2D eigenvalue weighted by atomic mass is 10.1. The molecule has 0 N–H and O–H groups in total. The minimum atomic E-state index is -0.281. The van der Waals surface area contributed by atoms with E-state index >= 15 is 0 Å². The van der Waals surface area contributed by atoms with Crippen LogP contribution in [0.4, 0.5) is 4.39 Å². The standard InChI is InChI=1S/C9H10FNO2/c1-7-8(10)2-4-11-9(7)3-5-13-6-12/h2,4,6H,3,5H2,1H3. The number of carbonyl (C=O) groups is 1. The number of pyridine rings is 1. The Morgan fingerprint density at radius 3 is 3.15 bits per heavy atom. The van der Waals surface area contributed by atoms with E-state index in [0.29, 0.717) is 24.2 Å². The molecule has 0 aliphatic rings. The van der Waals surface area contributed by atoms with Crippen LogP contribution in [-0.2, 0) is 16.0 Å². The molecule has 3 nitrogen and oxygen atoms in total. The Labute approximate surface area is 75.6 Å². The average molecular weight is 183 g/mol. The topological polar surface area (TPSA) is 39.2 Å². The van der Waals surface area contributed by atoms with Crippen molar-refractivity contribution >= 4 is 6.47 Å². The van der Waals surface area contributed by atoms with E-state index in [1.165, 1.54) is 12.3 Å². The Balaban J connectivity index is 2.65. The number of halogens is 1. The number of rotatable bonds is 4. The van der Waals surface area contributed by atoms with Gasteiger partial charge in [0.1, 0.15) is 5.82 Å². The van der Waals surface area contributed by atoms with Gasteiger partial charge in [-0.2, -0.15) is 0 Å². The van der Waals surface area contributed by atoms with Crippen molar-refractivity contribution in [2.24, 2.45) is 0 Å². The highest BCUT2D eigenvalue weighted by Crippen LogP contribution is 2.09. The summed E-state index contributed by atoms with van der Waals surface area (Å²) >= 11 is 0. The summed E-state index contributed by atoms with van der Waals surface area (Å²) in [4.78, 5) is 13.8. The van der Waals surface area contributed by atoms with Gasteiger partial charge in [0.2, 0.25) is 0 Å². The van der Waals surface area contributed by atoms with Crippen molar-refractivity contribution in [1.29, 1.82) is 0 Å². The Hall–Kier alpha value is -1.45. The number of hydrogen-bond acceptors (Lipinski definition) is 3. The van der Waals surface area contributed by atoms with Crippen LogP contribution < -0.4 is 0 Å². The van der Waals surface area contributed by atoms with Crippen LogP contribution in [0.1, 0.15) is 11.3 Å². The molecular weight excluding hydrogens is 173 g/mol. The van der Waals surface area contributed by atoms with Crippen molar-refractivity contribution in [1.82, 2.24) is 4.98 Å². The van der Waals surface area contributed by atoms with Crippen LogP contribution in [0.5, 0.6) is 0 Å². The van der Waals surface area contributed by atoms with E-state index in [-0.39, 0.29) is 12.4 Å². The van der Waals surface area contributed by atoms with Crippen molar-refractivity contribution < 1.29 is 13.9 Å². The number of ether oxygens (including phenoxy) is 1. The van der Waals surface area contributed by atoms with E-state index in [1.807, 2.05) is 0 Å². The van der Waals surface area contributed by atoms with Crippen LogP contribution in [0.3, 0.4) is 0 Å². The molecule has 0 amide bonds. The van der Waals surface area contributed by atoms with Crippen LogP contribution in [-0.4, -0.2) is 18.1 Å². The summed E-state index contributed by atoms with van der Waals surface area (Å²) in [5.74, 6) is -0.281. The number of carbonyl (C=O) groups excluding carboxylic acids is 1. The minimum absolute atomic E-state index is 0.237. The largest absolute Gasteiger partial charge is 0.467 e. The summed E-state index contributed by atoms with van der Waals surface area (Å²) in [6, 6.07) is 1.30. The van der Waals surface area contributed by atoms with Crippen LogP contribution >= 0.6 is 0 Å². The van der Waals surface area contributed by atoms with Crippen molar-refractivity contribution in [3.63, 3.8) is 0 Å². The molecule has 0 spiro atoms. The van der Waals surface area contributed by atoms with Gasteiger partial charge in [-0.15, -0.1) is 0 Å². The van der Waals surface area contributed by atoms with Crippen LogP contribution in [0.15, 0.2) is 12.3 Å². The van der Waals surface area contributed by atoms with E-state index in [2.05, 4.69) is 9.72 Å². The molecule has 0 radical (unpaired) electrons. The maximum absolute atomic E-state index is 12.9. The summed E-state index contributed by atoms with van der Waals surface area (Å²) in [5.41, 5.74) is 1.14. The van der Waals surface area contributed by atoms with E-state index in [1.54, 1.807) is 6.92 Å². The zero-order chi connectivity index (χ0) is 9.68. The third-order valence-corrected chi connectivity index (χ3v) is 1.77. The van der Waals surface area contributed by atoms with Crippen LogP contribution in [0, 0.1) is 12.7 Å². The first kappa shape index (κ1) is 9.64. The highest BCUT2D eigenvalue weighted by molar-refractivity contribution is 5.37. The van der Waals surface area contributed by atoms with Gasteiger partial charge in [-0.3, -0.25) is 9.78 Å². The lowest BCUT2D eigenvalue weighted by Gasteiger charge is -2.03. The average Bonchev–Trinajstić information content (AvgIpc) is 2.13. The molecule has 0 aliphatic carbocycles. The fourth-order valence-electron chi connectivity index (χ4n) is 1.01. The lowest BCUT2D eigenvalue weighted by molar-refractivity contribution is -0.128. The maximum Gasteiger partial charge on any atom is 0.293 e. The third-order valence-electron chi connectivity index (χ3n) is 1.77. The molecule has 0 unspecified atom stereocenters. The first-order chi connectivity index (χ1) is 6.25. The van der Waals surface area contributed by atoms with E-state index in [9.17, 15) is 9.18 Å². The van der Waals surface area contributed by atoms with Crippen LogP contribution in [0.25, 0.3) is 0 Å². The molecule has 1 rings (SSSR count). The lowest BCUT2D eigenvalue weighted by Crippen LogP contribution is -2.02. The van der Waals surface area contributed by atoms with Gasteiger partial charge in [0.15, 0.2) is 0 Å². The van der Waals surface area contributed by atoms with Crippen molar-refractivity contribution in [3.05, 3.63) is 29.3 Å². The molecule has 13 heavy (non-hydrogen) atoms. The quantitative estimate of drug-likeness (QED) is 0.520. The van der Waals surface area contributed by atoms with Gasteiger partial charge in [0.25, 0.3) is 6.47 Å². The molecule has 4 heteroatoms. The van der Waals surface area contributed by atoms with Gasteiger partial charge < -0.3 is 4.74 Å². The minimum Gasteiger partial charge on any atom is -0.467 e. The zero-order valence-electron chi connectivity index (χ0n) is 7.29. The Kier molecular flexibility index (Phi) is 3.37. The summed E-state index contributed by atoms with van der Waals surface area (Å²) in [5, 5.41) is 0. The zero-order valence-corrected chi connectivity index (χ0v) is 7.29. The van der Waals surface area contributed by atoms with E-state index < -0.39 is 0 Å². The Morgan fingerprint density at radius 2 is 2.46 bits per heavy atom.